The van der Waals surface area contributed by atoms with Crippen LogP contribution in [0, 0.1) is 0 Å². The van der Waals surface area contributed by atoms with Crippen molar-refractivity contribution in [3.05, 3.63) is 29.3 Å². The molecule has 3 nitrogen and oxygen atoms in total. The molecule has 1 aliphatic rings. The van der Waals surface area contributed by atoms with Crippen LogP contribution in [0.4, 0.5) is 0 Å². The average molecular weight is 276 g/mol. The van der Waals surface area contributed by atoms with Gasteiger partial charge in [-0.2, -0.15) is 0 Å². The molecule has 3 heteroatoms. The minimum absolute atomic E-state index is 0.256. The summed E-state index contributed by atoms with van der Waals surface area (Å²) in [7, 11) is 8.46. The predicted molar refractivity (Wildman–Crippen MR) is 84.6 cm³/mol. The first kappa shape index (κ1) is 15.3. The van der Waals surface area contributed by atoms with E-state index >= 15 is 0 Å². The van der Waals surface area contributed by atoms with E-state index in [0.717, 1.165) is 18.9 Å². The summed E-state index contributed by atoms with van der Waals surface area (Å²) in [4.78, 5) is 4.45. The summed E-state index contributed by atoms with van der Waals surface area (Å²) < 4.78 is 5.88. The van der Waals surface area contributed by atoms with Gasteiger partial charge < -0.3 is 14.5 Å². The van der Waals surface area contributed by atoms with Crippen LogP contribution in [0.3, 0.4) is 0 Å². The Morgan fingerprint density at radius 3 is 2.50 bits per heavy atom. The van der Waals surface area contributed by atoms with E-state index in [9.17, 15) is 0 Å². The van der Waals surface area contributed by atoms with E-state index < -0.39 is 0 Å². The summed E-state index contributed by atoms with van der Waals surface area (Å²) >= 11 is 0. The Balaban J connectivity index is 2.19. The van der Waals surface area contributed by atoms with Crippen molar-refractivity contribution in [2.75, 3.05) is 41.3 Å². The van der Waals surface area contributed by atoms with E-state index in [-0.39, 0.29) is 5.41 Å². The highest BCUT2D eigenvalue weighted by Gasteiger charge is 2.37. The number of ether oxygens (including phenoxy) is 1. The molecule has 1 unspecified atom stereocenters. The van der Waals surface area contributed by atoms with Gasteiger partial charge >= 0.3 is 0 Å². The Morgan fingerprint density at radius 2 is 1.90 bits per heavy atom. The molecule has 0 amide bonds. The van der Waals surface area contributed by atoms with Gasteiger partial charge in [0.1, 0.15) is 12.4 Å². The van der Waals surface area contributed by atoms with Crippen molar-refractivity contribution in [3.8, 4) is 5.75 Å². The molecule has 0 heterocycles. The normalized spacial score (nSPS) is 20.5. The van der Waals surface area contributed by atoms with Gasteiger partial charge in [0.25, 0.3) is 0 Å². The van der Waals surface area contributed by atoms with Crippen molar-refractivity contribution in [1.29, 1.82) is 0 Å². The van der Waals surface area contributed by atoms with Gasteiger partial charge in [-0.3, -0.25) is 0 Å². The van der Waals surface area contributed by atoms with Crippen LogP contribution < -0.4 is 4.74 Å². The number of hydrogen-bond donors (Lipinski definition) is 0. The predicted octanol–water partition coefficient (Wildman–Crippen LogP) is 2.91. The molecule has 0 radical (unpaired) electrons. The zero-order chi connectivity index (χ0) is 14.9. The summed E-state index contributed by atoms with van der Waals surface area (Å²) in [5, 5.41) is 0. The molecule has 0 fully saturated rings. The van der Waals surface area contributed by atoms with Crippen molar-refractivity contribution in [3.63, 3.8) is 0 Å². The molecule has 112 valence electrons. The summed E-state index contributed by atoms with van der Waals surface area (Å²) in [5.41, 5.74) is 3.16. The van der Waals surface area contributed by atoms with Gasteiger partial charge in [0, 0.05) is 12.6 Å². The molecule has 1 aromatic rings. The highest BCUT2D eigenvalue weighted by atomic mass is 16.5. The van der Waals surface area contributed by atoms with Crippen molar-refractivity contribution < 1.29 is 4.74 Å². The molecule has 1 aliphatic carbocycles. The lowest BCUT2D eigenvalue weighted by atomic mass is 9.86. The van der Waals surface area contributed by atoms with Crippen LogP contribution in [-0.2, 0) is 5.41 Å². The lowest BCUT2D eigenvalue weighted by Gasteiger charge is -2.22. The fourth-order valence-corrected chi connectivity index (χ4v) is 3.03. The molecule has 0 aromatic heterocycles. The SMILES string of the molecule is CN(C)CCOc1ccc2c(c1)C(N(C)C)CC2(C)C. The van der Waals surface area contributed by atoms with E-state index in [1.807, 2.05) is 0 Å². The third-order valence-corrected chi connectivity index (χ3v) is 4.25. The molecule has 1 aromatic carbocycles. The maximum absolute atomic E-state index is 5.88. The number of fused-ring (bicyclic) bond motifs is 1. The molecule has 2 rings (SSSR count). The van der Waals surface area contributed by atoms with Crippen LogP contribution in [0.1, 0.15) is 37.4 Å². The molecule has 0 saturated heterocycles. The van der Waals surface area contributed by atoms with Crippen molar-refractivity contribution in [2.24, 2.45) is 0 Å². The second-order valence-electron chi connectivity index (χ2n) is 6.97. The first-order valence-corrected chi connectivity index (χ1v) is 7.39. The lowest BCUT2D eigenvalue weighted by molar-refractivity contribution is 0.258. The van der Waals surface area contributed by atoms with Gasteiger partial charge in [-0.05, 0) is 63.3 Å². The largest absolute Gasteiger partial charge is 0.492 e. The first-order valence-electron chi connectivity index (χ1n) is 7.39. The van der Waals surface area contributed by atoms with Gasteiger partial charge in [0.05, 0.1) is 0 Å². The van der Waals surface area contributed by atoms with Gasteiger partial charge in [-0.15, -0.1) is 0 Å². The number of rotatable bonds is 5. The third kappa shape index (κ3) is 3.15. The van der Waals surface area contributed by atoms with E-state index in [4.69, 9.17) is 4.74 Å². The average Bonchev–Trinajstić information content (AvgIpc) is 2.61. The lowest BCUT2D eigenvalue weighted by Crippen LogP contribution is -2.20. The molecule has 0 spiro atoms. The Kier molecular flexibility index (Phi) is 4.40. The maximum Gasteiger partial charge on any atom is 0.119 e. The highest BCUT2D eigenvalue weighted by Crippen LogP contribution is 2.47. The van der Waals surface area contributed by atoms with Crippen LogP contribution in [0.5, 0.6) is 5.75 Å². The minimum Gasteiger partial charge on any atom is -0.492 e. The van der Waals surface area contributed by atoms with Gasteiger partial charge in [0.15, 0.2) is 0 Å². The molecular formula is C17H28N2O. The third-order valence-electron chi connectivity index (χ3n) is 4.25. The molecule has 20 heavy (non-hydrogen) atoms. The number of benzene rings is 1. The second kappa shape index (κ2) is 5.74. The van der Waals surface area contributed by atoms with Crippen molar-refractivity contribution in [2.45, 2.75) is 31.7 Å². The number of likely N-dealkylation sites (N-methyl/N-ethyl adjacent to an activating group) is 1. The molecule has 0 N–H and O–H groups in total. The smallest absolute Gasteiger partial charge is 0.119 e. The van der Waals surface area contributed by atoms with Crippen LogP contribution in [0.15, 0.2) is 18.2 Å². The van der Waals surface area contributed by atoms with Crippen LogP contribution in [-0.4, -0.2) is 51.1 Å². The minimum atomic E-state index is 0.256. The van der Waals surface area contributed by atoms with E-state index in [1.54, 1.807) is 0 Å². The van der Waals surface area contributed by atoms with Gasteiger partial charge in [0.2, 0.25) is 0 Å². The monoisotopic (exact) mass is 276 g/mol. The van der Waals surface area contributed by atoms with E-state index in [1.165, 1.54) is 17.5 Å². The standard InChI is InChI=1S/C17H28N2O/c1-17(2)12-16(19(5)6)14-11-13(7-8-15(14)17)20-10-9-18(3)4/h7-8,11,16H,9-10,12H2,1-6H3. The highest BCUT2D eigenvalue weighted by molar-refractivity contribution is 5.45. The fourth-order valence-electron chi connectivity index (χ4n) is 3.03. The topological polar surface area (TPSA) is 15.7 Å². The first-order chi connectivity index (χ1) is 9.31. The summed E-state index contributed by atoms with van der Waals surface area (Å²) in [5.74, 6) is 0.996. The summed E-state index contributed by atoms with van der Waals surface area (Å²) in [6.45, 7) is 6.35. The number of hydrogen-bond acceptors (Lipinski definition) is 3. The molecular weight excluding hydrogens is 248 g/mol. The second-order valence-corrected chi connectivity index (χ2v) is 6.97. The zero-order valence-electron chi connectivity index (χ0n) is 13.7. The van der Waals surface area contributed by atoms with Crippen LogP contribution >= 0.6 is 0 Å². The summed E-state index contributed by atoms with van der Waals surface area (Å²) in [6, 6.07) is 7.11. The van der Waals surface area contributed by atoms with Crippen LogP contribution in [0.25, 0.3) is 0 Å². The number of nitrogens with zero attached hydrogens (tertiary/aromatic N) is 2. The Bertz CT molecular complexity index is 466. The Hall–Kier alpha value is -1.06. The van der Waals surface area contributed by atoms with E-state index in [2.05, 4.69) is 70.0 Å². The van der Waals surface area contributed by atoms with Gasteiger partial charge in [-0.1, -0.05) is 19.9 Å². The zero-order valence-corrected chi connectivity index (χ0v) is 13.7. The van der Waals surface area contributed by atoms with E-state index in [0.29, 0.717) is 6.04 Å². The summed E-state index contributed by atoms with van der Waals surface area (Å²) in [6.07, 6.45) is 1.18. The molecule has 0 bridgehead atoms. The molecule has 0 aliphatic heterocycles. The van der Waals surface area contributed by atoms with Crippen molar-refractivity contribution in [1.82, 2.24) is 9.80 Å². The van der Waals surface area contributed by atoms with Crippen LogP contribution in [0.2, 0.25) is 0 Å². The molecule has 1 atom stereocenters. The Morgan fingerprint density at radius 1 is 1.20 bits per heavy atom. The fraction of sp³-hybridized carbons (Fsp3) is 0.647. The van der Waals surface area contributed by atoms with Gasteiger partial charge in [-0.25, -0.2) is 0 Å². The quantitative estimate of drug-likeness (QED) is 0.822. The maximum atomic E-state index is 5.88. The molecule has 0 saturated carbocycles. The van der Waals surface area contributed by atoms with Crippen molar-refractivity contribution >= 4 is 0 Å². The Labute approximate surface area is 123 Å².